The van der Waals surface area contributed by atoms with Gasteiger partial charge in [-0.2, -0.15) is 0 Å². The molecule has 0 aromatic heterocycles. The maximum Gasteiger partial charge on any atom is 0.244 e. The number of ether oxygens (including phenoxy) is 1. The molecule has 2 aromatic carbocycles. The molecule has 1 N–H and O–H groups in total. The Bertz CT molecular complexity index is 1100. The average molecular weight is 479 g/mol. The monoisotopic (exact) mass is 478 g/mol. The van der Waals surface area contributed by atoms with Gasteiger partial charge < -0.3 is 10.1 Å². The first-order chi connectivity index (χ1) is 15.0. The van der Waals surface area contributed by atoms with Gasteiger partial charge in [0.1, 0.15) is 17.4 Å². The molecular formula is C24H31ClN2O4S. The molecule has 0 saturated carbocycles. The van der Waals surface area contributed by atoms with Gasteiger partial charge in [-0.15, -0.1) is 0 Å². The lowest BCUT2D eigenvalue weighted by Crippen LogP contribution is -2.51. The molecule has 0 bridgehead atoms. The van der Waals surface area contributed by atoms with E-state index >= 15 is 0 Å². The number of nitrogens with zero attached hydrogens (tertiary/aromatic N) is 1. The van der Waals surface area contributed by atoms with E-state index in [9.17, 15) is 13.2 Å². The van der Waals surface area contributed by atoms with Crippen LogP contribution >= 0.6 is 11.6 Å². The van der Waals surface area contributed by atoms with Gasteiger partial charge in [-0.1, -0.05) is 49.7 Å². The first-order valence-corrected chi connectivity index (χ1v) is 13.1. The van der Waals surface area contributed by atoms with Crippen LogP contribution in [0.15, 0.2) is 42.5 Å². The van der Waals surface area contributed by atoms with Gasteiger partial charge in [-0.05, 0) is 50.5 Å². The SMILES string of the molecule is CCC1(CC)C[C@@H](NC(=O)[C@@H](C)N(c2cc(Cl)ccc2C)S(C)(=O)=O)c2ccccc2O1. The molecule has 2 aromatic rings. The van der Waals surface area contributed by atoms with Crippen molar-refractivity contribution in [2.24, 2.45) is 0 Å². The summed E-state index contributed by atoms with van der Waals surface area (Å²) in [5.41, 5.74) is 1.63. The molecule has 32 heavy (non-hydrogen) atoms. The lowest BCUT2D eigenvalue weighted by molar-refractivity contribution is -0.123. The largest absolute Gasteiger partial charge is 0.487 e. The third-order valence-electron chi connectivity index (χ3n) is 6.30. The molecule has 6 nitrogen and oxygen atoms in total. The Balaban J connectivity index is 1.95. The number of hydrogen-bond donors (Lipinski definition) is 1. The number of para-hydroxylation sites is 1. The van der Waals surface area contributed by atoms with Gasteiger partial charge in [0, 0.05) is 17.0 Å². The number of rotatable bonds is 7. The van der Waals surface area contributed by atoms with Crippen LogP contribution in [0.1, 0.15) is 57.2 Å². The third kappa shape index (κ3) is 4.89. The lowest BCUT2D eigenvalue weighted by atomic mass is 9.83. The quantitative estimate of drug-likeness (QED) is 0.607. The van der Waals surface area contributed by atoms with Crippen LogP contribution in [0.25, 0.3) is 0 Å². The van der Waals surface area contributed by atoms with Crippen LogP contribution in [0.2, 0.25) is 5.02 Å². The van der Waals surface area contributed by atoms with E-state index in [1.54, 1.807) is 32.0 Å². The summed E-state index contributed by atoms with van der Waals surface area (Å²) in [6, 6.07) is 11.4. The second-order valence-corrected chi connectivity index (χ2v) is 10.8. The summed E-state index contributed by atoms with van der Waals surface area (Å²) < 4.78 is 32.9. The predicted octanol–water partition coefficient (Wildman–Crippen LogP) is 5.00. The van der Waals surface area contributed by atoms with E-state index in [0.717, 1.165) is 34.7 Å². The number of amides is 1. The van der Waals surface area contributed by atoms with Crippen molar-refractivity contribution < 1.29 is 17.9 Å². The van der Waals surface area contributed by atoms with Crippen LogP contribution in [-0.4, -0.2) is 32.2 Å². The Hall–Kier alpha value is -2.25. The molecule has 174 valence electrons. The second-order valence-electron chi connectivity index (χ2n) is 8.46. The van der Waals surface area contributed by atoms with Gasteiger partial charge in [0.25, 0.3) is 0 Å². The molecule has 2 atom stereocenters. The zero-order valence-electron chi connectivity index (χ0n) is 19.2. The van der Waals surface area contributed by atoms with E-state index in [1.807, 2.05) is 24.3 Å². The number of carbonyl (C=O) groups excluding carboxylic acids is 1. The van der Waals surface area contributed by atoms with Crippen LogP contribution in [0, 0.1) is 6.92 Å². The molecule has 3 rings (SSSR count). The normalized spacial score (nSPS) is 18.2. The van der Waals surface area contributed by atoms with Crippen molar-refractivity contribution in [3.8, 4) is 5.75 Å². The molecule has 1 heterocycles. The number of nitrogens with one attached hydrogen (secondary N) is 1. The van der Waals surface area contributed by atoms with Gasteiger partial charge >= 0.3 is 0 Å². The third-order valence-corrected chi connectivity index (χ3v) is 7.76. The minimum absolute atomic E-state index is 0.281. The van der Waals surface area contributed by atoms with Crippen molar-refractivity contribution in [2.75, 3.05) is 10.6 Å². The molecule has 8 heteroatoms. The first-order valence-electron chi connectivity index (χ1n) is 10.8. The van der Waals surface area contributed by atoms with E-state index in [4.69, 9.17) is 16.3 Å². The highest BCUT2D eigenvalue weighted by Gasteiger charge is 2.40. The smallest absolute Gasteiger partial charge is 0.244 e. The Morgan fingerprint density at radius 1 is 1.25 bits per heavy atom. The number of sulfonamides is 1. The number of carbonyl (C=O) groups is 1. The number of fused-ring (bicyclic) bond motifs is 1. The molecule has 0 saturated heterocycles. The summed E-state index contributed by atoms with van der Waals surface area (Å²) in [7, 11) is -3.75. The van der Waals surface area contributed by atoms with E-state index in [2.05, 4.69) is 19.2 Å². The van der Waals surface area contributed by atoms with E-state index in [-0.39, 0.29) is 17.6 Å². The van der Waals surface area contributed by atoms with Crippen molar-refractivity contribution in [1.82, 2.24) is 5.32 Å². The van der Waals surface area contributed by atoms with Crippen molar-refractivity contribution in [3.05, 3.63) is 58.6 Å². The number of benzene rings is 2. The van der Waals surface area contributed by atoms with Crippen LogP contribution < -0.4 is 14.4 Å². The fourth-order valence-electron chi connectivity index (χ4n) is 4.32. The molecule has 0 aliphatic carbocycles. The molecule has 0 radical (unpaired) electrons. The maximum atomic E-state index is 13.4. The Kier molecular flexibility index (Phi) is 7.10. The predicted molar refractivity (Wildman–Crippen MR) is 129 cm³/mol. The topological polar surface area (TPSA) is 75.7 Å². The summed E-state index contributed by atoms with van der Waals surface area (Å²) in [5.74, 6) is 0.378. The Morgan fingerprint density at radius 2 is 1.91 bits per heavy atom. The van der Waals surface area contributed by atoms with Gasteiger partial charge in [-0.3, -0.25) is 9.10 Å². The highest BCUT2D eigenvalue weighted by atomic mass is 35.5. The van der Waals surface area contributed by atoms with Crippen LogP contribution in [-0.2, 0) is 14.8 Å². The summed E-state index contributed by atoms with van der Waals surface area (Å²) in [4.78, 5) is 13.4. The van der Waals surface area contributed by atoms with Gasteiger partial charge in [-0.25, -0.2) is 8.42 Å². The highest BCUT2D eigenvalue weighted by molar-refractivity contribution is 7.92. The van der Waals surface area contributed by atoms with E-state index < -0.39 is 16.1 Å². The number of hydrogen-bond acceptors (Lipinski definition) is 4. The van der Waals surface area contributed by atoms with E-state index in [0.29, 0.717) is 22.7 Å². The molecule has 1 aliphatic heterocycles. The molecule has 0 unspecified atom stereocenters. The van der Waals surface area contributed by atoms with Gasteiger partial charge in [0.15, 0.2) is 0 Å². The van der Waals surface area contributed by atoms with Crippen LogP contribution in [0.5, 0.6) is 5.75 Å². The number of halogens is 1. The fraction of sp³-hybridized carbons (Fsp3) is 0.458. The van der Waals surface area contributed by atoms with Crippen LogP contribution in [0.3, 0.4) is 0 Å². The van der Waals surface area contributed by atoms with Gasteiger partial charge in [0.2, 0.25) is 15.9 Å². The van der Waals surface area contributed by atoms with Crippen molar-refractivity contribution in [3.63, 3.8) is 0 Å². The Morgan fingerprint density at radius 3 is 2.53 bits per heavy atom. The van der Waals surface area contributed by atoms with Crippen LogP contribution in [0.4, 0.5) is 5.69 Å². The molecule has 1 amide bonds. The molecule has 0 fully saturated rings. The fourth-order valence-corrected chi connectivity index (χ4v) is 5.71. The minimum Gasteiger partial charge on any atom is -0.487 e. The summed E-state index contributed by atoms with van der Waals surface area (Å²) in [5, 5.41) is 3.50. The summed E-state index contributed by atoms with van der Waals surface area (Å²) in [6.45, 7) is 7.54. The summed E-state index contributed by atoms with van der Waals surface area (Å²) in [6.07, 6.45) is 3.32. The first kappa shape index (κ1) is 24.4. The zero-order chi connectivity index (χ0) is 23.7. The second kappa shape index (κ2) is 9.32. The minimum atomic E-state index is -3.75. The number of aryl methyl sites for hydroxylation is 1. The highest BCUT2D eigenvalue weighted by Crippen LogP contribution is 2.42. The molecular weight excluding hydrogens is 448 g/mol. The summed E-state index contributed by atoms with van der Waals surface area (Å²) >= 11 is 6.13. The standard InChI is InChI=1S/C24H31ClN2O4S/c1-6-24(7-2)15-20(19-10-8-9-11-22(19)31-24)26-23(28)17(4)27(32(5,29)30)21-14-18(25)13-12-16(21)3/h8-14,17,20H,6-7,15H2,1-5H3,(H,26,28)/t17-,20-/m1/s1. The van der Waals surface area contributed by atoms with Crippen molar-refractivity contribution >= 4 is 33.2 Å². The van der Waals surface area contributed by atoms with Crippen molar-refractivity contribution in [1.29, 1.82) is 0 Å². The zero-order valence-corrected chi connectivity index (χ0v) is 20.8. The Labute approximate surface area is 196 Å². The average Bonchev–Trinajstić information content (AvgIpc) is 2.75. The number of anilines is 1. The molecule has 1 aliphatic rings. The maximum absolute atomic E-state index is 13.4. The lowest BCUT2D eigenvalue weighted by Gasteiger charge is -2.42. The van der Waals surface area contributed by atoms with Gasteiger partial charge in [0.05, 0.1) is 18.0 Å². The molecule has 0 spiro atoms. The van der Waals surface area contributed by atoms with E-state index in [1.165, 1.54) is 0 Å². The van der Waals surface area contributed by atoms with Crippen molar-refractivity contribution in [2.45, 2.75) is 64.6 Å².